The highest BCUT2D eigenvalue weighted by Gasteiger charge is 2.03. The first-order valence-electron chi connectivity index (χ1n) is 4.85. The van der Waals surface area contributed by atoms with Gasteiger partial charge in [-0.25, -0.2) is 0 Å². The number of benzene rings is 1. The Morgan fingerprint density at radius 3 is 2.60 bits per heavy atom. The molecule has 0 spiro atoms. The minimum Gasteiger partial charge on any atom is -0.494 e. The fourth-order valence-corrected chi connectivity index (χ4v) is 1.23. The first kappa shape index (κ1) is 11.9. The second-order valence-corrected chi connectivity index (χ2v) is 3.28. The fraction of sp³-hybridized carbons (Fsp3) is 0.364. The van der Waals surface area contributed by atoms with Gasteiger partial charge in [0.2, 0.25) is 0 Å². The second kappa shape index (κ2) is 6.30. The van der Waals surface area contributed by atoms with E-state index in [1.807, 2.05) is 6.92 Å². The Morgan fingerprint density at radius 1 is 1.40 bits per heavy atom. The summed E-state index contributed by atoms with van der Waals surface area (Å²) in [6.07, 6.45) is 0. The van der Waals surface area contributed by atoms with Gasteiger partial charge in [-0.1, -0.05) is 0 Å². The molecule has 0 atom stereocenters. The lowest BCUT2D eigenvalue weighted by Gasteiger charge is -2.05. The molecule has 0 aliphatic carbocycles. The zero-order valence-electron chi connectivity index (χ0n) is 8.63. The Kier molecular flexibility index (Phi) is 4.98. The van der Waals surface area contributed by atoms with E-state index in [-0.39, 0.29) is 5.91 Å². The van der Waals surface area contributed by atoms with E-state index >= 15 is 0 Å². The molecule has 1 aromatic rings. The number of nitrogens with one attached hydrogen (secondary N) is 1. The molecule has 3 nitrogen and oxygen atoms in total. The summed E-state index contributed by atoms with van der Waals surface area (Å²) in [5, 5.41) is 2.69. The summed E-state index contributed by atoms with van der Waals surface area (Å²) < 4.78 is 5.27. The molecule has 0 radical (unpaired) electrons. The van der Waals surface area contributed by atoms with Gasteiger partial charge >= 0.3 is 0 Å². The first-order chi connectivity index (χ1) is 7.27. The third-order valence-corrected chi connectivity index (χ3v) is 2.00. The highest BCUT2D eigenvalue weighted by Crippen LogP contribution is 2.11. The van der Waals surface area contributed by atoms with Gasteiger partial charge in [-0.15, -0.1) is 11.6 Å². The van der Waals surface area contributed by atoms with E-state index in [0.717, 1.165) is 5.75 Å². The zero-order chi connectivity index (χ0) is 11.1. The molecule has 0 aromatic heterocycles. The third kappa shape index (κ3) is 3.80. The molecule has 0 fully saturated rings. The average Bonchev–Trinajstić information content (AvgIpc) is 2.27. The molecule has 1 amide bonds. The molecule has 0 aliphatic rings. The van der Waals surface area contributed by atoms with Crippen molar-refractivity contribution >= 4 is 17.5 Å². The van der Waals surface area contributed by atoms with Crippen molar-refractivity contribution in [2.75, 3.05) is 19.0 Å². The highest BCUT2D eigenvalue weighted by atomic mass is 35.5. The van der Waals surface area contributed by atoms with Crippen LogP contribution in [0.25, 0.3) is 0 Å². The lowest BCUT2D eigenvalue weighted by molar-refractivity contribution is 0.0956. The Morgan fingerprint density at radius 2 is 2.07 bits per heavy atom. The van der Waals surface area contributed by atoms with Gasteiger partial charge in [0.15, 0.2) is 0 Å². The topological polar surface area (TPSA) is 38.3 Å². The summed E-state index contributed by atoms with van der Waals surface area (Å²) in [5.74, 6) is 1.08. The van der Waals surface area contributed by atoms with E-state index in [9.17, 15) is 4.79 Å². The summed E-state index contributed by atoms with van der Waals surface area (Å²) in [4.78, 5) is 11.5. The predicted octanol–water partition coefficient (Wildman–Crippen LogP) is 2.05. The summed E-state index contributed by atoms with van der Waals surface area (Å²) >= 11 is 5.46. The molecule has 0 aliphatic heterocycles. The molecule has 1 aromatic carbocycles. The molecule has 82 valence electrons. The van der Waals surface area contributed by atoms with Crippen molar-refractivity contribution in [3.8, 4) is 5.75 Å². The molecule has 1 rings (SSSR count). The van der Waals surface area contributed by atoms with Gasteiger partial charge < -0.3 is 10.1 Å². The van der Waals surface area contributed by atoms with E-state index < -0.39 is 0 Å². The van der Waals surface area contributed by atoms with Crippen LogP contribution in [-0.2, 0) is 0 Å². The average molecular weight is 228 g/mol. The number of alkyl halides is 1. The second-order valence-electron chi connectivity index (χ2n) is 2.90. The van der Waals surface area contributed by atoms with Gasteiger partial charge in [0.05, 0.1) is 6.61 Å². The normalized spacial score (nSPS) is 9.73. The van der Waals surface area contributed by atoms with Crippen molar-refractivity contribution in [1.29, 1.82) is 0 Å². The van der Waals surface area contributed by atoms with E-state index in [4.69, 9.17) is 16.3 Å². The molecule has 0 bridgehead atoms. The molecule has 4 heteroatoms. The molecule has 0 heterocycles. The van der Waals surface area contributed by atoms with Crippen molar-refractivity contribution < 1.29 is 9.53 Å². The number of carbonyl (C=O) groups excluding carboxylic acids is 1. The van der Waals surface area contributed by atoms with Crippen molar-refractivity contribution in [3.63, 3.8) is 0 Å². The van der Waals surface area contributed by atoms with Gasteiger partial charge in [-0.3, -0.25) is 4.79 Å². The Balaban J connectivity index is 2.58. The number of hydrogen-bond donors (Lipinski definition) is 1. The number of halogens is 1. The van der Waals surface area contributed by atoms with Crippen LogP contribution in [0.3, 0.4) is 0 Å². The van der Waals surface area contributed by atoms with E-state index in [1.54, 1.807) is 24.3 Å². The van der Waals surface area contributed by atoms with Crippen molar-refractivity contribution in [2.24, 2.45) is 0 Å². The summed E-state index contributed by atoms with van der Waals surface area (Å²) in [6, 6.07) is 7.02. The maximum absolute atomic E-state index is 11.5. The summed E-state index contributed by atoms with van der Waals surface area (Å²) in [5.41, 5.74) is 0.614. The molecule has 0 saturated carbocycles. The summed E-state index contributed by atoms with van der Waals surface area (Å²) in [6.45, 7) is 3.02. The predicted molar refractivity (Wildman–Crippen MR) is 60.7 cm³/mol. The fourth-order valence-electron chi connectivity index (χ4n) is 1.13. The number of amides is 1. The number of rotatable bonds is 5. The minimum atomic E-state index is -0.112. The Hall–Kier alpha value is -1.22. The van der Waals surface area contributed by atoms with Crippen LogP contribution in [0.4, 0.5) is 0 Å². The van der Waals surface area contributed by atoms with Gasteiger partial charge in [-0.05, 0) is 31.2 Å². The van der Waals surface area contributed by atoms with Crippen molar-refractivity contribution in [2.45, 2.75) is 6.92 Å². The van der Waals surface area contributed by atoms with E-state index in [0.29, 0.717) is 24.6 Å². The number of ether oxygens (including phenoxy) is 1. The number of hydrogen-bond acceptors (Lipinski definition) is 2. The van der Waals surface area contributed by atoms with Crippen LogP contribution < -0.4 is 10.1 Å². The highest BCUT2D eigenvalue weighted by molar-refractivity contribution is 6.18. The molecule has 1 N–H and O–H groups in total. The maximum Gasteiger partial charge on any atom is 0.251 e. The van der Waals surface area contributed by atoms with Crippen molar-refractivity contribution in [3.05, 3.63) is 29.8 Å². The van der Waals surface area contributed by atoms with Gasteiger partial charge in [-0.2, -0.15) is 0 Å². The van der Waals surface area contributed by atoms with Crippen LogP contribution in [-0.4, -0.2) is 24.9 Å². The van der Waals surface area contributed by atoms with E-state index in [1.165, 1.54) is 0 Å². The van der Waals surface area contributed by atoms with Crippen LogP contribution in [0, 0.1) is 0 Å². The zero-order valence-corrected chi connectivity index (χ0v) is 9.38. The number of carbonyl (C=O) groups is 1. The standard InChI is InChI=1S/C11H14ClNO2/c1-2-15-10-5-3-9(4-6-10)11(14)13-8-7-12/h3-6H,2,7-8H2,1H3,(H,13,14). The SMILES string of the molecule is CCOc1ccc(C(=O)NCCCl)cc1. The minimum absolute atomic E-state index is 0.112. The third-order valence-electron chi connectivity index (χ3n) is 1.81. The molecule has 15 heavy (non-hydrogen) atoms. The molecular weight excluding hydrogens is 214 g/mol. The maximum atomic E-state index is 11.5. The first-order valence-corrected chi connectivity index (χ1v) is 5.38. The van der Waals surface area contributed by atoms with Crippen LogP contribution >= 0.6 is 11.6 Å². The van der Waals surface area contributed by atoms with Crippen LogP contribution in [0.15, 0.2) is 24.3 Å². The largest absolute Gasteiger partial charge is 0.494 e. The Labute approximate surface area is 94.4 Å². The van der Waals surface area contributed by atoms with Gasteiger partial charge in [0, 0.05) is 18.0 Å². The van der Waals surface area contributed by atoms with Crippen LogP contribution in [0.1, 0.15) is 17.3 Å². The monoisotopic (exact) mass is 227 g/mol. The van der Waals surface area contributed by atoms with Crippen LogP contribution in [0.5, 0.6) is 5.75 Å². The van der Waals surface area contributed by atoms with Crippen molar-refractivity contribution in [1.82, 2.24) is 5.32 Å². The van der Waals surface area contributed by atoms with E-state index in [2.05, 4.69) is 5.32 Å². The Bertz CT molecular complexity index is 311. The van der Waals surface area contributed by atoms with Gasteiger partial charge in [0.1, 0.15) is 5.75 Å². The smallest absolute Gasteiger partial charge is 0.251 e. The quantitative estimate of drug-likeness (QED) is 0.782. The lowest BCUT2D eigenvalue weighted by atomic mass is 10.2. The molecular formula is C11H14ClNO2. The lowest BCUT2D eigenvalue weighted by Crippen LogP contribution is -2.25. The summed E-state index contributed by atoms with van der Waals surface area (Å²) in [7, 11) is 0. The van der Waals surface area contributed by atoms with Crippen LogP contribution in [0.2, 0.25) is 0 Å². The molecule has 0 saturated heterocycles. The van der Waals surface area contributed by atoms with Gasteiger partial charge in [0.25, 0.3) is 5.91 Å². The molecule has 0 unspecified atom stereocenters.